The number of hydrogen-bond donors (Lipinski definition) is 1. The summed E-state index contributed by atoms with van der Waals surface area (Å²) in [7, 11) is 1.89. The summed E-state index contributed by atoms with van der Waals surface area (Å²) in [5, 5.41) is 5.78. The third kappa shape index (κ3) is 4.04. The molecule has 0 fully saturated rings. The second-order valence-electron chi connectivity index (χ2n) is 5.18. The van der Waals surface area contributed by atoms with E-state index in [1.165, 1.54) is 23.9 Å². The number of aromatic nitrogens is 2. The van der Waals surface area contributed by atoms with Crippen molar-refractivity contribution in [2.45, 2.75) is 11.2 Å². The van der Waals surface area contributed by atoms with E-state index in [1.54, 1.807) is 29.7 Å². The molecule has 2 aromatic heterocycles. The summed E-state index contributed by atoms with van der Waals surface area (Å²) in [6.45, 7) is 0. The van der Waals surface area contributed by atoms with Crippen LogP contribution in [0.25, 0.3) is 0 Å². The monoisotopic (exact) mass is 361 g/mol. The van der Waals surface area contributed by atoms with Crippen molar-refractivity contribution in [3.05, 3.63) is 70.4 Å². The Morgan fingerprint density at radius 2 is 2.17 bits per heavy atom. The molecular weight excluding hydrogens is 345 g/mol. The van der Waals surface area contributed by atoms with Crippen LogP contribution in [0.2, 0.25) is 0 Å². The molecule has 1 atom stereocenters. The number of carbonyl (C=O) groups excluding carboxylic acids is 1. The summed E-state index contributed by atoms with van der Waals surface area (Å²) in [5.41, 5.74) is 0.856. The molecule has 0 saturated heterocycles. The lowest BCUT2D eigenvalue weighted by Crippen LogP contribution is -2.30. The number of thiophene rings is 1. The Bertz CT molecular complexity index is 800. The van der Waals surface area contributed by atoms with Crippen LogP contribution >= 0.6 is 23.1 Å². The van der Waals surface area contributed by atoms with Gasteiger partial charge in [0.15, 0.2) is 5.16 Å². The van der Waals surface area contributed by atoms with Gasteiger partial charge in [-0.3, -0.25) is 4.79 Å². The number of carbonyl (C=O) groups is 1. The van der Waals surface area contributed by atoms with Crippen LogP contribution in [0.15, 0.2) is 59.3 Å². The zero-order valence-electron chi connectivity index (χ0n) is 13.0. The number of thioether (sulfide) groups is 1. The Morgan fingerprint density at radius 3 is 2.79 bits per heavy atom. The number of nitrogens with zero attached hydrogens (tertiary/aromatic N) is 2. The van der Waals surface area contributed by atoms with Crippen molar-refractivity contribution in [1.82, 2.24) is 14.9 Å². The van der Waals surface area contributed by atoms with E-state index in [-0.39, 0.29) is 23.5 Å². The van der Waals surface area contributed by atoms with Crippen molar-refractivity contribution in [2.75, 3.05) is 5.75 Å². The summed E-state index contributed by atoms with van der Waals surface area (Å²) in [4.78, 5) is 17.6. The fourth-order valence-corrected chi connectivity index (χ4v) is 3.80. The summed E-state index contributed by atoms with van der Waals surface area (Å²) < 4.78 is 15.0. The Balaban J connectivity index is 1.71. The number of halogens is 1. The second kappa shape index (κ2) is 7.63. The van der Waals surface area contributed by atoms with Crippen molar-refractivity contribution in [1.29, 1.82) is 0 Å². The maximum Gasteiger partial charge on any atom is 0.231 e. The molecule has 124 valence electrons. The Morgan fingerprint density at radius 1 is 1.38 bits per heavy atom. The van der Waals surface area contributed by atoms with Crippen LogP contribution in [0.1, 0.15) is 16.5 Å². The normalized spacial score (nSPS) is 12.1. The molecule has 1 N–H and O–H groups in total. The van der Waals surface area contributed by atoms with E-state index in [2.05, 4.69) is 10.3 Å². The first-order valence-corrected chi connectivity index (χ1v) is 9.18. The molecule has 1 aromatic carbocycles. The number of imidazole rings is 1. The largest absolute Gasteiger partial charge is 0.344 e. The maximum absolute atomic E-state index is 13.2. The van der Waals surface area contributed by atoms with Gasteiger partial charge in [-0.05, 0) is 29.1 Å². The molecule has 3 aromatic rings. The molecule has 0 spiro atoms. The van der Waals surface area contributed by atoms with E-state index in [0.717, 1.165) is 15.6 Å². The van der Waals surface area contributed by atoms with Gasteiger partial charge in [-0.15, -0.1) is 11.3 Å². The van der Waals surface area contributed by atoms with Crippen LogP contribution < -0.4 is 5.32 Å². The second-order valence-corrected chi connectivity index (χ2v) is 7.10. The van der Waals surface area contributed by atoms with E-state index in [9.17, 15) is 9.18 Å². The molecule has 7 heteroatoms. The Labute approximate surface area is 147 Å². The molecule has 4 nitrogen and oxygen atoms in total. The molecule has 0 bridgehead atoms. The Hall–Kier alpha value is -2.12. The standard InChI is InChI=1S/C17H16FN3OS2/c1-21-9-8-19-17(21)24-11-15(22)20-16(14-3-2-10-23-14)12-4-6-13(18)7-5-12/h2-10,16H,11H2,1H3,(H,20,22). The lowest BCUT2D eigenvalue weighted by Gasteiger charge is -2.18. The summed E-state index contributed by atoms with van der Waals surface area (Å²) in [6.07, 6.45) is 3.54. The van der Waals surface area contributed by atoms with Crippen molar-refractivity contribution < 1.29 is 9.18 Å². The third-order valence-corrected chi connectivity index (χ3v) is 5.44. The van der Waals surface area contributed by atoms with Crippen molar-refractivity contribution in [3.63, 3.8) is 0 Å². The zero-order chi connectivity index (χ0) is 16.9. The minimum absolute atomic E-state index is 0.0919. The summed E-state index contributed by atoms with van der Waals surface area (Å²) in [5.74, 6) is -0.112. The van der Waals surface area contributed by atoms with Crippen LogP contribution in [0.5, 0.6) is 0 Å². The molecule has 1 unspecified atom stereocenters. The number of hydrogen-bond acceptors (Lipinski definition) is 4. The molecule has 0 radical (unpaired) electrons. The minimum Gasteiger partial charge on any atom is -0.344 e. The van der Waals surface area contributed by atoms with Gasteiger partial charge in [0.05, 0.1) is 11.8 Å². The molecule has 24 heavy (non-hydrogen) atoms. The highest BCUT2D eigenvalue weighted by molar-refractivity contribution is 7.99. The van der Waals surface area contributed by atoms with Crippen LogP contribution in [0, 0.1) is 5.82 Å². The molecule has 0 aliphatic heterocycles. The summed E-state index contributed by atoms with van der Waals surface area (Å²) >= 11 is 2.94. The third-order valence-electron chi connectivity index (χ3n) is 3.45. The molecule has 1 amide bonds. The first-order chi connectivity index (χ1) is 11.6. The van der Waals surface area contributed by atoms with Gasteiger partial charge in [-0.25, -0.2) is 9.37 Å². The Kier molecular flexibility index (Phi) is 5.32. The van der Waals surface area contributed by atoms with Gasteiger partial charge < -0.3 is 9.88 Å². The van der Waals surface area contributed by atoms with Gasteiger partial charge in [0.25, 0.3) is 0 Å². The van der Waals surface area contributed by atoms with E-state index >= 15 is 0 Å². The fourth-order valence-electron chi connectivity index (χ4n) is 2.25. The minimum atomic E-state index is -0.291. The number of rotatable bonds is 6. The summed E-state index contributed by atoms with van der Waals surface area (Å²) in [6, 6.07) is 9.84. The zero-order valence-corrected chi connectivity index (χ0v) is 14.6. The van der Waals surface area contributed by atoms with Gasteiger partial charge in [0, 0.05) is 24.3 Å². The lowest BCUT2D eigenvalue weighted by molar-refractivity contribution is -0.119. The molecular formula is C17H16FN3OS2. The topological polar surface area (TPSA) is 46.9 Å². The molecule has 0 aliphatic carbocycles. The molecule has 3 rings (SSSR count). The molecule has 2 heterocycles. The highest BCUT2D eigenvalue weighted by Gasteiger charge is 2.18. The van der Waals surface area contributed by atoms with Crippen LogP contribution in [0.4, 0.5) is 4.39 Å². The number of nitrogens with one attached hydrogen (secondary N) is 1. The van der Waals surface area contributed by atoms with Crippen LogP contribution in [-0.4, -0.2) is 21.2 Å². The van der Waals surface area contributed by atoms with Gasteiger partial charge >= 0.3 is 0 Å². The number of benzene rings is 1. The van der Waals surface area contributed by atoms with Crippen LogP contribution in [0.3, 0.4) is 0 Å². The van der Waals surface area contributed by atoms with E-state index in [4.69, 9.17) is 0 Å². The van der Waals surface area contributed by atoms with E-state index in [0.29, 0.717) is 0 Å². The number of amides is 1. The predicted molar refractivity (Wildman–Crippen MR) is 94.6 cm³/mol. The molecule has 0 saturated carbocycles. The average molecular weight is 361 g/mol. The van der Waals surface area contributed by atoms with E-state index < -0.39 is 0 Å². The van der Waals surface area contributed by atoms with Gasteiger partial charge in [0.2, 0.25) is 5.91 Å². The van der Waals surface area contributed by atoms with Crippen molar-refractivity contribution >= 4 is 29.0 Å². The SMILES string of the molecule is Cn1ccnc1SCC(=O)NC(c1ccc(F)cc1)c1cccs1. The van der Waals surface area contributed by atoms with Gasteiger partial charge in [-0.1, -0.05) is 30.0 Å². The molecule has 0 aliphatic rings. The van der Waals surface area contributed by atoms with Gasteiger partial charge in [-0.2, -0.15) is 0 Å². The lowest BCUT2D eigenvalue weighted by atomic mass is 10.1. The van der Waals surface area contributed by atoms with Gasteiger partial charge in [0.1, 0.15) is 5.82 Å². The van der Waals surface area contributed by atoms with Crippen LogP contribution in [-0.2, 0) is 11.8 Å². The maximum atomic E-state index is 13.2. The quantitative estimate of drug-likeness (QED) is 0.682. The van der Waals surface area contributed by atoms with E-state index in [1.807, 2.05) is 35.3 Å². The fraction of sp³-hybridized carbons (Fsp3) is 0.176. The smallest absolute Gasteiger partial charge is 0.231 e. The average Bonchev–Trinajstić information content (AvgIpc) is 3.23. The highest BCUT2D eigenvalue weighted by atomic mass is 32.2. The predicted octanol–water partition coefficient (Wildman–Crippen LogP) is 3.62. The number of aryl methyl sites for hydroxylation is 1. The highest BCUT2D eigenvalue weighted by Crippen LogP contribution is 2.26. The first-order valence-electron chi connectivity index (χ1n) is 7.32. The first kappa shape index (κ1) is 16.7. The van der Waals surface area contributed by atoms with Crippen molar-refractivity contribution in [3.8, 4) is 0 Å². The van der Waals surface area contributed by atoms with Crippen molar-refractivity contribution in [2.24, 2.45) is 7.05 Å².